The first-order chi connectivity index (χ1) is 12.1. The van der Waals surface area contributed by atoms with Crippen molar-refractivity contribution in [3.05, 3.63) is 16.1 Å². The Balaban J connectivity index is 0.00000676. The van der Waals surface area contributed by atoms with Crippen LogP contribution in [-0.4, -0.2) is 62.6 Å². The zero-order chi connectivity index (χ0) is 19.8. The van der Waals surface area contributed by atoms with E-state index in [1.54, 1.807) is 13.8 Å². The zero-order valence-electron chi connectivity index (χ0n) is 15.3. The lowest BCUT2D eigenvalue weighted by atomic mass is 10.4. The SMILES string of the molecule is CCN(CC)S(=O)(=O)CCNC(=NC)NCCc1nc(C(F)(F)F)cs1.I. The Kier molecular flexibility index (Phi) is 11.7. The number of sulfonamides is 1. The summed E-state index contributed by atoms with van der Waals surface area (Å²) in [6.07, 6.45) is -4.13. The first-order valence-corrected chi connectivity index (χ1v) is 10.6. The third kappa shape index (κ3) is 8.91. The van der Waals surface area contributed by atoms with Gasteiger partial charge in [0.25, 0.3) is 0 Å². The van der Waals surface area contributed by atoms with Gasteiger partial charge in [-0.3, -0.25) is 4.99 Å². The van der Waals surface area contributed by atoms with Crippen molar-refractivity contribution in [3.63, 3.8) is 0 Å². The van der Waals surface area contributed by atoms with Gasteiger partial charge in [0.2, 0.25) is 10.0 Å². The fraction of sp³-hybridized carbons (Fsp3) is 0.714. The lowest BCUT2D eigenvalue weighted by Gasteiger charge is -2.19. The molecule has 0 atom stereocenters. The van der Waals surface area contributed by atoms with Crippen molar-refractivity contribution >= 4 is 51.3 Å². The molecule has 0 spiro atoms. The molecule has 0 amide bonds. The smallest absolute Gasteiger partial charge is 0.356 e. The fourth-order valence-corrected chi connectivity index (χ4v) is 4.32. The third-order valence-electron chi connectivity index (χ3n) is 3.45. The van der Waals surface area contributed by atoms with Crippen LogP contribution in [-0.2, 0) is 22.6 Å². The van der Waals surface area contributed by atoms with Crippen molar-refractivity contribution in [3.8, 4) is 0 Å². The van der Waals surface area contributed by atoms with Crippen molar-refractivity contribution in [2.75, 3.05) is 39.0 Å². The van der Waals surface area contributed by atoms with Gasteiger partial charge in [0.05, 0.1) is 10.8 Å². The molecule has 0 bridgehead atoms. The van der Waals surface area contributed by atoms with Gasteiger partial charge in [-0.25, -0.2) is 17.7 Å². The molecule has 0 aliphatic carbocycles. The lowest BCUT2D eigenvalue weighted by Crippen LogP contribution is -2.42. The second kappa shape index (κ2) is 12.0. The van der Waals surface area contributed by atoms with E-state index in [4.69, 9.17) is 0 Å². The van der Waals surface area contributed by atoms with Crippen LogP contribution in [0.4, 0.5) is 13.2 Å². The predicted molar refractivity (Wildman–Crippen MR) is 112 cm³/mol. The first-order valence-electron chi connectivity index (χ1n) is 8.08. The maximum atomic E-state index is 12.5. The van der Waals surface area contributed by atoms with Gasteiger partial charge in [-0.1, -0.05) is 13.8 Å². The molecule has 1 aromatic heterocycles. The Labute approximate surface area is 178 Å². The highest BCUT2D eigenvalue weighted by Gasteiger charge is 2.33. The van der Waals surface area contributed by atoms with Crippen LogP contribution in [0.5, 0.6) is 0 Å². The van der Waals surface area contributed by atoms with Gasteiger partial charge in [0, 0.05) is 45.0 Å². The van der Waals surface area contributed by atoms with Crippen LogP contribution < -0.4 is 10.6 Å². The molecule has 0 saturated heterocycles. The number of halogens is 4. The number of guanidine groups is 1. The maximum Gasteiger partial charge on any atom is 0.434 e. The summed E-state index contributed by atoms with van der Waals surface area (Å²) < 4.78 is 63.0. The van der Waals surface area contributed by atoms with Crippen LogP contribution >= 0.6 is 35.3 Å². The monoisotopic (exact) mass is 543 g/mol. The third-order valence-corrected chi connectivity index (χ3v) is 6.38. The van der Waals surface area contributed by atoms with E-state index in [0.717, 1.165) is 16.7 Å². The van der Waals surface area contributed by atoms with Crippen molar-refractivity contribution in [1.29, 1.82) is 0 Å². The van der Waals surface area contributed by atoms with E-state index in [-0.39, 0.29) is 36.3 Å². The van der Waals surface area contributed by atoms with Crippen LogP contribution in [0.15, 0.2) is 10.4 Å². The highest BCUT2D eigenvalue weighted by Crippen LogP contribution is 2.29. The van der Waals surface area contributed by atoms with Crippen LogP contribution in [0.3, 0.4) is 0 Å². The molecule has 0 fully saturated rings. The molecule has 158 valence electrons. The molecule has 1 rings (SSSR count). The Morgan fingerprint density at radius 3 is 2.33 bits per heavy atom. The van der Waals surface area contributed by atoms with E-state index in [2.05, 4.69) is 20.6 Å². The molecular weight excluding hydrogens is 518 g/mol. The van der Waals surface area contributed by atoms with Gasteiger partial charge in [-0.2, -0.15) is 13.2 Å². The number of nitrogens with zero attached hydrogens (tertiary/aromatic N) is 3. The van der Waals surface area contributed by atoms with E-state index in [1.165, 1.54) is 11.4 Å². The first kappa shape index (κ1) is 26.3. The van der Waals surface area contributed by atoms with Gasteiger partial charge < -0.3 is 10.6 Å². The number of alkyl halides is 3. The molecule has 1 aromatic rings. The average Bonchev–Trinajstić information content (AvgIpc) is 3.03. The van der Waals surface area contributed by atoms with Gasteiger partial charge in [-0.05, 0) is 0 Å². The fourth-order valence-electron chi connectivity index (χ4n) is 2.11. The second-order valence-corrected chi connectivity index (χ2v) is 8.23. The molecule has 0 radical (unpaired) electrons. The molecule has 1 heterocycles. The number of thiazole rings is 1. The molecule has 7 nitrogen and oxygen atoms in total. The molecule has 27 heavy (non-hydrogen) atoms. The molecule has 2 N–H and O–H groups in total. The van der Waals surface area contributed by atoms with Crippen LogP contribution in [0.25, 0.3) is 0 Å². The summed E-state index contributed by atoms with van der Waals surface area (Å²) in [4.78, 5) is 7.50. The molecular formula is C14H25F3IN5O2S2. The minimum atomic E-state index is -4.43. The van der Waals surface area contributed by atoms with Crippen molar-refractivity contribution in [2.45, 2.75) is 26.4 Å². The molecule has 0 aromatic carbocycles. The molecule has 0 saturated carbocycles. The number of nitrogens with one attached hydrogen (secondary N) is 2. The van der Waals surface area contributed by atoms with E-state index < -0.39 is 21.9 Å². The van der Waals surface area contributed by atoms with E-state index >= 15 is 0 Å². The van der Waals surface area contributed by atoms with Gasteiger partial charge in [0.15, 0.2) is 11.7 Å². The number of hydrogen-bond acceptors (Lipinski definition) is 5. The minimum Gasteiger partial charge on any atom is -0.356 e. The maximum absolute atomic E-state index is 12.5. The summed E-state index contributed by atoms with van der Waals surface area (Å²) in [6.45, 7) is 4.88. The minimum absolute atomic E-state index is 0. The number of hydrogen-bond donors (Lipinski definition) is 2. The largest absolute Gasteiger partial charge is 0.434 e. The average molecular weight is 543 g/mol. The zero-order valence-corrected chi connectivity index (χ0v) is 19.3. The topological polar surface area (TPSA) is 86.7 Å². The molecule has 0 aliphatic rings. The highest BCUT2D eigenvalue weighted by atomic mass is 127. The lowest BCUT2D eigenvalue weighted by molar-refractivity contribution is -0.140. The molecule has 13 heteroatoms. The Morgan fingerprint density at radius 2 is 1.85 bits per heavy atom. The Morgan fingerprint density at radius 1 is 1.26 bits per heavy atom. The van der Waals surface area contributed by atoms with Crippen LogP contribution in [0.2, 0.25) is 0 Å². The van der Waals surface area contributed by atoms with E-state index in [9.17, 15) is 21.6 Å². The quantitative estimate of drug-likeness (QED) is 0.283. The predicted octanol–water partition coefficient (Wildman–Crippen LogP) is 2.16. The van der Waals surface area contributed by atoms with Crippen molar-refractivity contribution < 1.29 is 21.6 Å². The van der Waals surface area contributed by atoms with Crippen molar-refractivity contribution in [1.82, 2.24) is 19.9 Å². The molecule has 0 unspecified atom stereocenters. The van der Waals surface area contributed by atoms with Crippen LogP contribution in [0, 0.1) is 0 Å². The highest BCUT2D eigenvalue weighted by molar-refractivity contribution is 14.0. The Bertz CT molecular complexity index is 691. The summed E-state index contributed by atoms with van der Waals surface area (Å²) >= 11 is 0.949. The summed E-state index contributed by atoms with van der Waals surface area (Å²) in [5, 5.41) is 7.16. The summed E-state index contributed by atoms with van der Waals surface area (Å²) in [6, 6.07) is 0. The number of rotatable bonds is 9. The van der Waals surface area contributed by atoms with Gasteiger partial charge >= 0.3 is 6.18 Å². The number of aromatic nitrogens is 1. The Hall–Kier alpha value is -0.670. The van der Waals surface area contributed by atoms with E-state index in [0.29, 0.717) is 37.0 Å². The normalized spacial score (nSPS) is 12.8. The van der Waals surface area contributed by atoms with Crippen LogP contribution in [0.1, 0.15) is 24.5 Å². The summed E-state index contributed by atoms with van der Waals surface area (Å²) in [5.74, 6) is 0.309. The second-order valence-electron chi connectivity index (χ2n) is 5.20. The van der Waals surface area contributed by atoms with Gasteiger partial charge in [-0.15, -0.1) is 35.3 Å². The van der Waals surface area contributed by atoms with Crippen molar-refractivity contribution in [2.24, 2.45) is 4.99 Å². The standard InChI is InChI=1S/C14H24F3N5O2S2.HI/c1-4-22(5-2)26(23,24)9-8-20-13(18-3)19-7-6-12-21-11(10-25-12)14(15,16)17;/h10H,4-9H2,1-3H3,(H2,18,19,20);1H. The summed E-state index contributed by atoms with van der Waals surface area (Å²) in [7, 11) is -1.80. The summed E-state index contributed by atoms with van der Waals surface area (Å²) in [5.41, 5.74) is -0.887. The van der Waals surface area contributed by atoms with E-state index in [1.807, 2.05) is 0 Å². The number of aliphatic imine (C=N–C) groups is 1. The van der Waals surface area contributed by atoms with Gasteiger partial charge in [0.1, 0.15) is 0 Å². The molecule has 0 aliphatic heterocycles.